The van der Waals surface area contributed by atoms with Gasteiger partial charge in [0.05, 0.1) is 20.3 Å². The lowest BCUT2D eigenvalue weighted by Crippen LogP contribution is -2.40. The highest BCUT2D eigenvalue weighted by molar-refractivity contribution is 5.98. The molecule has 0 saturated heterocycles. The standard InChI is InChI=1S/C26H30N2O3/c1-19(28(2)17-16-20-14-15-24(30-3)25(18-20)31-4)26(29)27-23-13-9-8-12-22(23)21-10-6-5-7-11-21/h5-15,18-19H,16-17H2,1-4H3,(H,27,29)/t19-/m1/s1. The van der Waals surface area contributed by atoms with Gasteiger partial charge in [0.2, 0.25) is 5.91 Å². The third-order valence-corrected chi connectivity index (χ3v) is 5.51. The van der Waals surface area contributed by atoms with Gasteiger partial charge >= 0.3 is 0 Å². The molecule has 5 nitrogen and oxygen atoms in total. The van der Waals surface area contributed by atoms with E-state index in [1.165, 1.54) is 0 Å². The lowest BCUT2D eigenvalue weighted by Gasteiger charge is -2.24. The van der Waals surface area contributed by atoms with Crippen molar-refractivity contribution in [1.29, 1.82) is 0 Å². The van der Waals surface area contributed by atoms with Gasteiger partial charge in [0.15, 0.2) is 11.5 Å². The minimum Gasteiger partial charge on any atom is -0.493 e. The molecule has 0 radical (unpaired) electrons. The lowest BCUT2D eigenvalue weighted by molar-refractivity contribution is -0.120. The van der Waals surface area contributed by atoms with Crippen LogP contribution in [0.2, 0.25) is 0 Å². The fourth-order valence-electron chi connectivity index (χ4n) is 3.43. The summed E-state index contributed by atoms with van der Waals surface area (Å²) in [6, 6.07) is 23.6. The molecule has 1 atom stereocenters. The maximum atomic E-state index is 12.9. The Kier molecular flexibility index (Phi) is 7.68. The van der Waals surface area contributed by atoms with Crippen LogP contribution >= 0.6 is 0 Å². The zero-order valence-corrected chi connectivity index (χ0v) is 18.6. The smallest absolute Gasteiger partial charge is 0.241 e. The largest absolute Gasteiger partial charge is 0.493 e. The van der Waals surface area contributed by atoms with Gasteiger partial charge in [-0.3, -0.25) is 9.69 Å². The minimum atomic E-state index is -0.274. The van der Waals surface area contributed by atoms with Crippen LogP contribution in [0.1, 0.15) is 12.5 Å². The Morgan fingerprint density at radius 3 is 2.32 bits per heavy atom. The molecule has 3 aromatic rings. The van der Waals surface area contributed by atoms with Crippen molar-refractivity contribution in [3.05, 3.63) is 78.4 Å². The highest BCUT2D eigenvalue weighted by Crippen LogP contribution is 2.29. The highest BCUT2D eigenvalue weighted by atomic mass is 16.5. The Hall–Kier alpha value is -3.31. The van der Waals surface area contributed by atoms with Crippen LogP contribution in [-0.4, -0.2) is 44.7 Å². The molecule has 0 saturated carbocycles. The molecule has 0 aliphatic heterocycles. The van der Waals surface area contributed by atoms with Crippen LogP contribution in [0.5, 0.6) is 11.5 Å². The molecule has 3 rings (SSSR count). The second kappa shape index (κ2) is 10.6. The lowest BCUT2D eigenvalue weighted by atomic mass is 10.0. The van der Waals surface area contributed by atoms with E-state index in [0.717, 1.165) is 35.3 Å². The Labute approximate surface area is 184 Å². The second-order valence-electron chi connectivity index (χ2n) is 7.50. The summed E-state index contributed by atoms with van der Waals surface area (Å²) in [4.78, 5) is 15.0. The molecule has 0 spiro atoms. The first-order chi connectivity index (χ1) is 15.0. The van der Waals surface area contributed by atoms with Crippen molar-refractivity contribution in [2.75, 3.05) is 33.1 Å². The number of amides is 1. The van der Waals surface area contributed by atoms with Crippen LogP contribution < -0.4 is 14.8 Å². The van der Waals surface area contributed by atoms with E-state index >= 15 is 0 Å². The van der Waals surface area contributed by atoms with Gasteiger partial charge in [0.25, 0.3) is 0 Å². The van der Waals surface area contributed by atoms with Crippen molar-refractivity contribution in [1.82, 2.24) is 4.90 Å². The molecule has 0 unspecified atom stereocenters. The molecule has 1 N–H and O–H groups in total. The van der Waals surface area contributed by atoms with Crippen molar-refractivity contribution in [3.8, 4) is 22.6 Å². The van der Waals surface area contributed by atoms with E-state index in [0.29, 0.717) is 11.5 Å². The van der Waals surface area contributed by atoms with Gasteiger partial charge < -0.3 is 14.8 Å². The number of nitrogens with one attached hydrogen (secondary N) is 1. The summed E-state index contributed by atoms with van der Waals surface area (Å²) >= 11 is 0. The number of nitrogens with zero attached hydrogens (tertiary/aromatic N) is 1. The van der Waals surface area contributed by atoms with E-state index in [1.807, 2.05) is 86.8 Å². The van der Waals surface area contributed by atoms with Crippen LogP contribution in [0.4, 0.5) is 5.69 Å². The predicted octanol–water partition coefficient (Wildman–Crippen LogP) is 4.87. The van der Waals surface area contributed by atoms with Crippen molar-refractivity contribution >= 4 is 11.6 Å². The number of likely N-dealkylation sites (N-methyl/N-ethyl adjacent to an activating group) is 1. The SMILES string of the molecule is COc1ccc(CCN(C)[C@H](C)C(=O)Nc2ccccc2-c2ccccc2)cc1OC. The first-order valence-corrected chi connectivity index (χ1v) is 10.4. The zero-order valence-electron chi connectivity index (χ0n) is 18.6. The Balaban J connectivity index is 1.63. The first-order valence-electron chi connectivity index (χ1n) is 10.4. The summed E-state index contributed by atoms with van der Waals surface area (Å²) in [6.45, 7) is 2.67. The summed E-state index contributed by atoms with van der Waals surface area (Å²) in [5, 5.41) is 3.10. The number of ether oxygens (including phenoxy) is 2. The van der Waals surface area contributed by atoms with E-state index in [9.17, 15) is 4.79 Å². The molecule has 1 amide bonds. The number of methoxy groups -OCH3 is 2. The predicted molar refractivity (Wildman–Crippen MR) is 126 cm³/mol. The van der Waals surface area contributed by atoms with Gasteiger partial charge in [-0.05, 0) is 49.7 Å². The third-order valence-electron chi connectivity index (χ3n) is 5.51. The summed E-state index contributed by atoms with van der Waals surface area (Å²) in [7, 11) is 5.23. The number of hydrogen-bond acceptors (Lipinski definition) is 4. The average Bonchev–Trinajstić information content (AvgIpc) is 2.82. The maximum absolute atomic E-state index is 12.9. The number of carbonyl (C=O) groups excluding carboxylic acids is 1. The molecule has 3 aromatic carbocycles. The van der Waals surface area contributed by atoms with Crippen molar-refractivity contribution in [2.45, 2.75) is 19.4 Å². The van der Waals surface area contributed by atoms with Gasteiger partial charge in [-0.2, -0.15) is 0 Å². The van der Waals surface area contributed by atoms with Gasteiger partial charge in [-0.15, -0.1) is 0 Å². The van der Waals surface area contributed by atoms with Gasteiger partial charge in [0.1, 0.15) is 0 Å². The normalized spacial score (nSPS) is 11.8. The third kappa shape index (κ3) is 5.64. The quantitative estimate of drug-likeness (QED) is 0.539. The number of rotatable bonds is 9. The van der Waals surface area contributed by atoms with Crippen LogP contribution in [0, 0.1) is 0 Å². The summed E-state index contributed by atoms with van der Waals surface area (Å²) < 4.78 is 10.7. The average molecular weight is 419 g/mol. The van der Waals surface area contributed by atoms with Crippen LogP contribution in [0.15, 0.2) is 72.8 Å². The van der Waals surface area contributed by atoms with Crippen LogP contribution in [0.3, 0.4) is 0 Å². The van der Waals surface area contributed by atoms with Crippen LogP contribution in [0.25, 0.3) is 11.1 Å². The summed E-state index contributed by atoms with van der Waals surface area (Å²) in [6.07, 6.45) is 0.801. The molecule has 162 valence electrons. The molecule has 0 aromatic heterocycles. The number of anilines is 1. The van der Waals surface area contributed by atoms with E-state index in [2.05, 4.69) is 10.2 Å². The van der Waals surface area contributed by atoms with Crippen molar-refractivity contribution < 1.29 is 14.3 Å². The first kappa shape index (κ1) is 22.4. The topological polar surface area (TPSA) is 50.8 Å². The molecule has 0 bridgehead atoms. The number of carbonyl (C=O) groups is 1. The van der Waals surface area contributed by atoms with E-state index in [1.54, 1.807) is 14.2 Å². The monoisotopic (exact) mass is 418 g/mol. The molecular formula is C26H30N2O3. The Morgan fingerprint density at radius 2 is 1.61 bits per heavy atom. The van der Waals surface area contributed by atoms with Crippen molar-refractivity contribution in [2.24, 2.45) is 0 Å². The number of para-hydroxylation sites is 1. The van der Waals surface area contributed by atoms with Gasteiger partial charge in [0, 0.05) is 17.8 Å². The maximum Gasteiger partial charge on any atom is 0.241 e. The molecule has 0 aliphatic carbocycles. The highest BCUT2D eigenvalue weighted by Gasteiger charge is 2.19. The zero-order chi connectivity index (χ0) is 22.2. The second-order valence-corrected chi connectivity index (χ2v) is 7.50. The summed E-state index contributed by atoms with van der Waals surface area (Å²) in [5.41, 5.74) is 4.04. The van der Waals surface area contributed by atoms with Gasteiger partial charge in [-0.1, -0.05) is 54.6 Å². The van der Waals surface area contributed by atoms with Gasteiger partial charge in [-0.25, -0.2) is 0 Å². The number of benzene rings is 3. The molecule has 0 fully saturated rings. The molecule has 5 heteroatoms. The molecule has 31 heavy (non-hydrogen) atoms. The number of hydrogen-bond donors (Lipinski definition) is 1. The Bertz CT molecular complexity index is 1000. The molecule has 0 aliphatic rings. The summed E-state index contributed by atoms with van der Waals surface area (Å²) in [5.74, 6) is 1.40. The van der Waals surface area contributed by atoms with Crippen molar-refractivity contribution in [3.63, 3.8) is 0 Å². The Morgan fingerprint density at radius 1 is 0.935 bits per heavy atom. The van der Waals surface area contributed by atoms with E-state index in [-0.39, 0.29) is 11.9 Å². The van der Waals surface area contributed by atoms with E-state index < -0.39 is 0 Å². The minimum absolute atomic E-state index is 0.0295. The fourth-order valence-corrected chi connectivity index (χ4v) is 3.43. The molecular weight excluding hydrogens is 388 g/mol. The van der Waals surface area contributed by atoms with E-state index in [4.69, 9.17) is 9.47 Å². The van der Waals surface area contributed by atoms with Crippen LogP contribution in [-0.2, 0) is 11.2 Å². The molecule has 0 heterocycles. The fraction of sp³-hybridized carbons (Fsp3) is 0.269.